The Morgan fingerprint density at radius 3 is 2.03 bits per heavy atom. The summed E-state index contributed by atoms with van der Waals surface area (Å²) in [6, 6.07) is 21.1. The number of anilines is 1. The van der Waals surface area contributed by atoms with Gasteiger partial charge in [-0.25, -0.2) is 5.48 Å². The fraction of sp³-hybridized carbons (Fsp3) is 0.367. The molecule has 0 aliphatic heterocycles. The van der Waals surface area contributed by atoms with E-state index in [1.807, 2.05) is 24.2 Å². The molecule has 39 heavy (non-hydrogen) atoms. The summed E-state index contributed by atoms with van der Waals surface area (Å²) in [5.74, 6) is 0.691. The number of amides is 2. The number of rotatable bonds is 15. The summed E-state index contributed by atoms with van der Waals surface area (Å²) in [7, 11) is 0. The SMILES string of the molecule is O=C(CCCCCCC(=O)Nc1ccc(C(O)O)cc1)NO.c1ccc(CCCCSc2ccncc2)cc1. The highest BCUT2D eigenvalue weighted by molar-refractivity contribution is 7.99. The minimum absolute atomic E-state index is 0.106. The van der Waals surface area contributed by atoms with Gasteiger partial charge in [0, 0.05) is 41.4 Å². The smallest absolute Gasteiger partial charge is 0.243 e. The van der Waals surface area contributed by atoms with Crippen LogP contribution in [-0.4, -0.2) is 38.0 Å². The first-order valence-corrected chi connectivity index (χ1v) is 14.2. The Morgan fingerprint density at radius 1 is 0.769 bits per heavy atom. The van der Waals surface area contributed by atoms with Gasteiger partial charge >= 0.3 is 0 Å². The molecular weight excluding hydrogens is 514 g/mol. The Labute approximate surface area is 234 Å². The van der Waals surface area contributed by atoms with Crippen LogP contribution < -0.4 is 10.8 Å². The molecule has 1 aromatic heterocycles. The zero-order valence-corrected chi connectivity index (χ0v) is 23.0. The lowest BCUT2D eigenvalue weighted by atomic mass is 10.1. The molecule has 2 amide bonds. The number of carbonyl (C=O) groups excluding carboxylic acids is 2. The van der Waals surface area contributed by atoms with Crippen LogP contribution in [0.15, 0.2) is 84.0 Å². The van der Waals surface area contributed by atoms with Gasteiger partial charge in [0.05, 0.1) is 0 Å². The number of hydrogen-bond acceptors (Lipinski definition) is 7. The first-order valence-electron chi connectivity index (χ1n) is 13.2. The van der Waals surface area contributed by atoms with Crippen molar-refractivity contribution in [1.29, 1.82) is 0 Å². The van der Waals surface area contributed by atoms with Gasteiger partial charge in [-0.2, -0.15) is 0 Å². The molecule has 0 bridgehead atoms. The van der Waals surface area contributed by atoms with Crippen LogP contribution in [0.1, 0.15) is 68.8 Å². The number of carbonyl (C=O) groups is 2. The van der Waals surface area contributed by atoms with Gasteiger partial charge in [0.1, 0.15) is 0 Å². The van der Waals surface area contributed by atoms with Gasteiger partial charge < -0.3 is 15.5 Å². The third kappa shape index (κ3) is 15.1. The van der Waals surface area contributed by atoms with Crippen molar-refractivity contribution in [3.63, 3.8) is 0 Å². The molecule has 0 spiro atoms. The highest BCUT2D eigenvalue weighted by Gasteiger charge is 2.05. The summed E-state index contributed by atoms with van der Waals surface area (Å²) in [5.41, 5.74) is 3.99. The van der Waals surface area contributed by atoms with E-state index in [9.17, 15) is 9.59 Å². The molecule has 3 aromatic rings. The Balaban J connectivity index is 0.000000282. The van der Waals surface area contributed by atoms with Crippen LogP contribution in [-0.2, 0) is 16.0 Å². The molecule has 0 saturated heterocycles. The molecule has 0 radical (unpaired) electrons. The fourth-order valence-corrected chi connectivity index (χ4v) is 4.54. The van der Waals surface area contributed by atoms with Gasteiger partial charge in [0.2, 0.25) is 11.8 Å². The molecule has 0 atom stereocenters. The van der Waals surface area contributed by atoms with E-state index in [1.165, 1.54) is 47.6 Å². The molecule has 1 heterocycles. The number of aromatic nitrogens is 1. The summed E-state index contributed by atoms with van der Waals surface area (Å²) < 4.78 is 0. The van der Waals surface area contributed by atoms with E-state index in [1.54, 1.807) is 17.6 Å². The number of aliphatic hydroxyl groups excluding tert-OH is 1. The van der Waals surface area contributed by atoms with Crippen LogP contribution in [0.2, 0.25) is 0 Å². The largest absolute Gasteiger partial charge is 0.364 e. The molecular formula is C30H39N3O5S. The predicted molar refractivity (Wildman–Crippen MR) is 154 cm³/mol. The van der Waals surface area contributed by atoms with Crippen LogP contribution in [0, 0.1) is 0 Å². The second-order valence-corrected chi connectivity index (χ2v) is 10.1. The van der Waals surface area contributed by atoms with Gasteiger partial charge in [0.15, 0.2) is 6.29 Å². The maximum absolute atomic E-state index is 11.7. The fourth-order valence-electron chi connectivity index (χ4n) is 3.64. The molecule has 0 fully saturated rings. The Hall–Kier alpha value is -3.24. The third-order valence-electron chi connectivity index (χ3n) is 5.80. The quantitative estimate of drug-likeness (QED) is 0.0540. The standard InChI is InChI=1S/C15H22N2O5.C15H17NS/c18-13(5-3-1-2-4-6-14(19)17-22)16-12-9-7-11(8-10-12)15(20)21;1-2-6-14(7-3-1)8-4-5-13-17-15-9-11-16-12-10-15/h7-10,15,20-22H,1-6H2,(H,16,18)(H,17,19);1-3,6-7,9-12H,4-5,8,13H2. The molecule has 3 rings (SSSR count). The van der Waals surface area contributed by atoms with Crippen LogP contribution in [0.4, 0.5) is 5.69 Å². The number of hydrogen-bond donors (Lipinski definition) is 5. The zero-order valence-electron chi connectivity index (χ0n) is 22.2. The van der Waals surface area contributed by atoms with Crippen molar-refractivity contribution in [2.45, 2.75) is 69.0 Å². The molecule has 0 saturated carbocycles. The molecule has 0 aliphatic rings. The van der Waals surface area contributed by atoms with Crippen molar-refractivity contribution >= 4 is 29.3 Å². The first kappa shape index (κ1) is 32.0. The van der Waals surface area contributed by atoms with Crippen LogP contribution in [0.5, 0.6) is 0 Å². The minimum atomic E-state index is -1.52. The summed E-state index contributed by atoms with van der Waals surface area (Å²) in [4.78, 5) is 27.8. The van der Waals surface area contributed by atoms with Crippen molar-refractivity contribution in [1.82, 2.24) is 10.5 Å². The molecule has 2 aromatic carbocycles. The van der Waals surface area contributed by atoms with Crippen molar-refractivity contribution in [2.75, 3.05) is 11.1 Å². The highest BCUT2D eigenvalue weighted by atomic mass is 32.2. The Morgan fingerprint density at radius 2 is 1.41 bits per heavy atom. The Bertz CT molecular complexity index is 1030. The average molecular weight is 554 g/mol. The van der Waals surface area contributed by atoms with Gasteiger partial charge in [-0.1, -0.05) is 55.3 Å². The number of nitrogens with one attached hydrogen (secondary N) is 2. The number of nitrogens with zero attached hydrogens (tertiary/aromatic N) is 1. The van der Waals surface area contributed by atoms with E-state index >= 15 is 0 Å². The first-order chi connectivity index (χ1) is 19.0. The van der Waals surface area contributed by atoms with Gasteiger partial charge in [0.25, 0.3) is 0 Å². The Kier molecular flexibility index (Phi) is 16.2. The van der Waals surface area contributed by atoms with Gasteiger partial charge in [-0.3, -0.25) is 19.8 Å². The molecule has 9 heteroatoms. The summed E-state index contributed by atoms with van der Waals surface area (Å²) >= 11 is 1.92. The van der Waals surface area contributed by atoms with E-state index in [4.69, 9.17) is 15.4 Å². The summed E-state index contributed by atoms with van der Waals surface area (Å²) in [5, 5.41) is 29.0. The van der Waals surface area contributed by atoms with Crippen molar-refractivity contribution in [3.8, 4) is 0 Å². The topological polar surface area (TPSA) is 132 Å². The minimum Gasteiger partial charge on any atom is -0.364 e. The number of benzene rings is 2. The van der Waals surface area contributed by atoms with Crippen LogP contribution in [0.25, 0.3) is 0 Å². The maximum atomic E-state index is 11.7. The monoisotopic (exact) mass is 553 g/mol. The van der Waals surface area contributed by atoms with Gasteiger partial charge in [-0.05, 0) is 67.7 Å². The predicted octanol–water partition coefficient (Wildman–Crippen LogP) is 5.65. The number of pyridine rings is 1. The van der Waals surface area contributed by atoms with Crippen molar-refractivity contribution in [2.24, 2.45) is 0 Å². The third-order valence-corrected chi connectivity index (χ3v) is 6.89. The van der Waals surface area contributed by atoms with E-state index in [0.717, 1.165) is 19.3 Å². The number of aliphatic hydroxyl groups is 2. The van der Waals surface area contributed by atoms with E-state index in [2.05, 4.69) is 52.8 Å². The van der Waals surface area contributed by atoms with E-state index in [0.29, 0.717) is 24.1 Å². The van der Waals surface area contributed by atoms with Gasteiger partial charge in [-0.15, -0.1) is 11.8 Å². The lowest BCUT2D eigenvalue weighted by molar-refractivity contribution is -0.129. The van der Waals surface area contributed by atoms with Crippen molar-refractivity contribution in [3.05, 3.63) is 90.3 Å². The molecule has 8 nitrogen and oxygen atoms in total. The number of hydroxylamine groups is 1. The zero-order chi connectivity index (χ0) is 28.1. The van der Waals surface area contributed by atoms with Crippen molar-refractivity contribution < 1.29 is 25.0 Å². The number of thioether (sulfide) groups is 1. The summed E-state index contributed by atoms with van der Waals surface area (Å²) in [6.45, 7) is 0. The van der Waals surface area contributed by atoms with Crippen LogP contribution >= 0.6 is 11.8 Å². The maximum Gasteiger partial charge on any atom is 0.243 e. The molecule has 0 unspecified atom stereocenters. The molecule has 0 aliphatic carbocycles. The number of aryl methyl sites for hydroxylation is 1. The number of unbranched alkanes of at least 4 members (excludes halogenated alkanes) is 4. The average Bonchev–Trinajstić information content (AvgIpc) is 2.96. The van der Waals surface area contributed by atoms with E-state index in [-0.39, 0.29) is 12.3 Å². The normalized spacial score (nSPS) is 10.5. The van der Waals surface area contributed by atoms with Crippen LogP contribution in [0.3, 0.4) is 0 Å². The second-order valence-electron chi connectivity index (χ2n) is 8.97. The lowest BCUT2D eigenvalue weighted by Gasteiger charge is -2.07. The summed E-state index contributed by atoms with van der Waals surface area (Å²) in [6.07, 6.45) is 9.64. The molecule has 210 valence electrons. The highest BCUT2D eigenvalue weighted by Crippen LogP contribution is 2.18. The van der Waals surface area contributed by atoms with E-state index < -0.39 is 12.2 Å². The molecule has 5 N–H and O–H groups in total. The lowest BCUT2D eigenvalue weighted by Crippen LogP contribution is -2.17. The second kappa shape index (κ2) is 19.8.